The van der Waals surface area contributed by atoms with Crippen LogP contribution in [0.5, 0.6) is 0 Å². The average molecular weight is 210 g/mol. The van der Waals surface area contributed by atoms with E-state index < -0.39 is 19.1 Å². The fourth-order valence-electron chi connectivity index (χ4n) is 0. The molecule has 0 heterocycles. The highest BCUT2D eigenvalue weighted by molar-refractivity contribution is 8.13. The molecule has 0 bridgehead atoms. The van der Waals surface area contributed by atoms with E-state index in [2.05, 4.69) is 15.8 Å². The Labute approximate surface area is 64.6 Å². The summed E-state index contributed by atoms with van der Waals surface area (Å²) in [5.41, 5.74) is 0. The fraction of sp³-hybridized carbons (Fsp3) is 1.00. The van der Waals surface area contributed by atoms with Crippen molar-refractivity contribution >= 4 is 29.8 Å². The fourth-order valence-corrected chi connectivity index (χ4v) is 0. The standard InChI is InChI=1S/CH3ClO2S.CH5NO2S/c2*1-5(2,3)4/h1H3;1H3,(H2,2,3,4). The minimum absolute atomic E-state index is 0.925. The van der Waals surface area contributed by atoms with Gasteiger partial charge < -0.3 is 0 Å². The zero-order valence-corrected chi connectivity index (χ0v) is 7.79. The van der Waals surface area contributed by atoms with Crippen molar-refractivity contribution in [3.05, 3.63) is 0 Å². The third-order valence-corrected chi connectivity index (χ3v) is 0. The summed E-state index contributed by atoms with van der Waals surface area (Å²) in [4.78, 5) is 0. The first kappa shape index (κ1) is 12.8. The van der Waals surface area contributed by atoms with Gasteiger partial charge in [0.15, 0.2) is 0 Å². The first-order valence-corrected chi connectivity index (χ1v) is 6.55. The molecule has 2 N–H and O–H groups in total. The molecule has 0 atom stereocenters. The van der Waals surface area contributed by atoms with Crippen molar-refractivity contribution in [2.45, 2.75) is 0 Å². The topological polar surface area (TPSA) is 94.3 Å². The Morgan fingerprint density at radius 1 is 1.10 bits per heavy atom. The van der Waals surface area contributed by atoms with Crippen molar-refractivity contribution in [2.75, 3.05) is 12.5 Å². The molecule has 0 fully saturated rings. The van der Waals surface area contributed by atoms with E-state index >= 15 is 0 Å². The maximum Gasteiger partial charge on any atom is 0.229 e. The highest BCUT2D eigenvalue weighted by Gasteiger charge is 1.83. The minimum atomic E-state index is -3.19. The number of primary sulfonamides is 1. The van der Waals surface area contributed by atoms with Gasteiger partial charge in [-0.05, 0) is 0 Å². The Morgan fingerprint density at radius 3 is 1.10 bits per heavy atom. The lowest BCUT2D eigenvalue weighted by atomic mass is 12.0. The van der Waals surface area contributed by atoms with Gasteiger partial charge in [-0.15, -0.1) is 0 Å². The van der Waals surface area contributed by atoms with Gasteiger partial charge in [-0.2, -0.15) is 0 Å². The zero-order chi connectivity index (χ0) is 9.00. The third-order valence-electron chi connectivity index (χ3n) is 0. The number of hydrogen-bond acceptors (Lipinski definition) is 4. The van der Waals surface area contributed by atoms with E-state index in [-0.39, 0.29) is 0 Å². The Bertz CT molecular complexity index is 218. The zero-order valence-electron chi connectivity index (χ0n) is 5.40. The third kappa shape index (κ3) is 18500. The predicted octanol–water partition coefficient (Wildman–Crippen LogP) is -0.910. The molecule has 0 rings (SSSR count). The van der Waals surface area contributed by atoms with Crippen molar-refractivity contribution in [3.8, 4) is 0 Å². The summed E-state index contributed by atoms with van der Waals surface area (Å²) >= 11 is 0. The molecule has 0 aromatic heterocycles. The van der Waals surface area contributed by atoms with Gasteiger partial charge in [0.2, 0.25) is 19.1 Å². The number of rotatable bonds is 0. The van der Waals surface area contributed by atoms with Crippen LogP contribution in [0.15, 0.2) is 0 Å². The van der Waals surface area contributed by atoms with Crippen molar-refractivity contribution < 1.29 is 16.8 Å². The van der Waals surface area contributed by atoms with Crippen molar-refractivity contribution in [1.82, 2.24) is 0 Å². The Kier molecular flexibility index (Phi) is 5.27. The van der Waals surface area contributed by atoms with Crippen LogP contribution in [-0.2, 0) is 19.1 Å². The Balaban J connectivity index is 0. The molecule has 0 aliphatic carbocycles. The van der Waals surface area contributed by atoms with Crippen molar-refractivity contribution in [3.63, 3.8) is 0 Å². The second-order valence-electron chi connectivity index (χ2n) is 1.51. The van der Waals surface area contributed by atoms with Gasteiger partial charge in [0.05, 0.1) is 12.5 Å². The van der Waals surface area contributed by atoms with Crippen LogP contribution in [0, 0.1) is 0 Å². The highest BCUT2D eigenvalue weighted by Crippen LogP contribution is 1.83. The smallest absolute Gasteiger partial charge is 0.229 e. The summed E-state index contributed by atoms with van der Waals surface area (Å²) in [5.74, 6) is 0. The monoisotopic (exact) mass is 209 g/mol. The van der Waals surface area contributed by atoms with Crippen LogP contribution in [0.4, 0.5) is 0 Å². The molecule has 0 radical (unpaired) electrons. The van der Waals surface area contributed by atoms with Gasteiger partial charge in [0.25, 0.3) is 0 Å². The molecule has 0 aromatic carbocycles. The molecule has 8 heteroatoms. The average Bonchev–Trinajstić information content (AvgIpc) is 1.12. The van der Waals surface area contributed by atoms with E-state index in [9.17, 15) is 16.8 Å². The first-order valence-electron chi connectivity index (χ1n) is 1.87. The number of nitrogens with two attached hydrogens (primary N) is 1. The summed E-state index contributed by atoms with van der Waals surface area (Å²) in [6.07, 6.45) is 1.86. The Morgan fingerprint density at radius 2 is 1.10 bits per heavy atom. The molecular formula is C2H8ClNO4S2. The van der Waals surface area contributed by atoms with E-state index in [1.807, 2.05) is 0 Å². The van der Waals surface area contributed by atoms with E-state index in [0.717, 1.165) is 12.5 Å². The van der Waals surface area contributed by atoms with Gasteiger partial charge in [0.1, 0.15) is 0 Å². The van der Waals surface area contributed by atoms with Gasteiger partial charge in [-0.3, -0.25) is 0 Å². The van der Waals surface area contributed by atoms with Crippen molar-refractivity contribution in [2.24, 2.45) is 5.14 Å². The molecule has 0 saturated heterocycles. The summed E-state index contributed by atoms with van der Waals surface area (Å²) in [5, 5.41) is 4.33. The molecule has 0 aliphatic rings. The predicted molar refractivity (Wildman–Crippen MR) is 39.7 cm³/mol. The van der Waals surface area contributed by atoms with Crippen LogP contribution >= 0.6 is 10.7 Å². The van der Waals surface area contributed by atoms with Gasteiger partial charge in [0, 0.05) is 10.7 Å². The summed E-state index contributed by atoms with van der Waals surface area (Å²) < 4.78 is 37.6. The lowest BCUT2D eigenvalue weighted by Gasteiger charge is -1.71. The molecule has 0 amide bonds. The molecular weight excluding hydrogens is 202 g/mol. The molecule has 64 valence electrons. The van der Waals surface area contributed by atoms with E-state index in [1.165, 1.54) is 0 Å². The summed E-state index contributed by atoms with van der Waals surface area (Å²) in [6, 6.07) is 0. The van der Waals surface area contributed by atoms with E-state index in [0.29, 0.717) is 0 Å². The summed E-state index contributed by atoms with van der Waals surface area (Å²) in [7, 11) is -1.86. The van der Waals surface area contributed by atoms with Crippen molar-refractivity contribution in [1.29, 1.82) is 0 Å². The second-order valence-corrected chi connectivity index (χ2v) is 6.22. The largest absolute Gasteiger partial charge is 0.229 e. The number of hydrogen-bond donors (Lipinski definition) is 1. The van der Waals surface area contributed by atoms with Crippen LogP contribution in [-0.4, -0.2) is 29.3 Å². The second kappa shape index (κ2) is 4.12. The molecule has 0 unspecified atom stereocenters. The van der Waals surface area contributed by atoms with Crippen LogP contribution in [0.25, 0.3) is 0 Å². The quantitative estimate of drug-likeness (QED) is 0.523. The Hall–Kier alpha value is 0.150. The highest BCUT2D eigenvalue weighted by atomic mass is 35.7. The molecule has 0 aliphatic heterocycles. The molecule has 0 aromatic rings. The van der Waals surface area contributed by atoms with E-state index in [1.54, 1.807) is 0 Å². The molecule has 10 heavy (non-hydrogen) atoms. The SMILES string of the molecule is CS(=O)(=O)Cl.CS(N)(=O)=O. The van der Waals surface area contributed by atoms with E-state index in [4.69, 9.17) is 0 Å². The van der Waals surface area contributed by atoms with Gasteiger partial charge in [-0.25, -0.2) is 22.0 Å². The minimum Gasteiger partial charge on any atom is -0.229 e. The molecule has 5 nitrogen and oxygen atoms in total. The lowest BCUT2D eigenvalue weighted by molar-refractivity contribution is 0.603. The molecule has 0 saturated carbocycles. The number of sulfonamides is 1. The maximum absolute atomic E-state index is 9.41. The van der Waals surface area contributed by atoms with Gasteiger partial charge in [-0.1, -0.05) is 0 Å². The normalized spacial score (nSPS) is 11.6. The van der Waals surface area contributed by atoms with Crippen LogP contribution in [0.2, 0.25) is 0 Å². The maximum atomic E-state index is 9.41. The van der Waals surface area contributed by atoms with Crippen LogP contribution in [0.3, 0.4) is 0 Å². The van der Waals surface area contributed by atoms with Crippen LogP contribution in [0.1, 0.15) is 0 Å². The summed E-state index contributed by atoms with van der Waals surface area (Å²) in [6.45, 7) is 0. The first-order chi connectivity index (χ1) is 4.00. The van der Waals surface area contributed by atoms with Gasteiger partial charge >= 0.3 is 0 Å². The molecule has 0 spiro atoms. The number of halogens is 1. The van der Waals surface area contributed by atoms with Crippen LogP contribution < -0.4 is 5.14 Å². The lowest BCUT2D eigenvalue weighted by Crippen LogP contribution is -2.07.